The van der Waals surface area contributed by atoms with Crippen molar-refractivity contribution in [3.05, 3.63) is 42.5 Å². The number of benzene rings is 2. The number of rotatable bonds is 5. The first kappa shape index (κ1) is 17.6. The maximum absolute atomic E-state index is 12.6. The highest BCUT2D eigenvalue weighted by atomic mass is 35.7. The van der Waals surface area contributed by atoms with E-state index >= 15 is 0 Å². The summed E-state index contributed by atoms with van der Waals surface area (Å²) in [6.07, 6.45) is 0. The standard InChI is InChI=1S/C14H13ClO6S2/c1-20-10-3-5-11(6-4-10)22(16,17)12-7-8-14(23(15,18)19)13(9-12)21-2/h3-9H,1-2H3. The molecule has 2 aromatic carbocycles. The molecule has 2 rings (SSSR count). The van der Waals surface area contributed by atoms with Crippen molar-refractivity contribution in [3.63, 3.8) is 0 Å². The fourth-order valence-corrected chi connectivity index (χ4v) is 4.18. The third kappa shape index (κ3) is 3.60. The smallest absolute Gasteiger partial charge is 0.264 e. The van der Waals surface area contributed by atoms with Crippen LogP contribution in [0.3, 0.4) is 0 Å². The summed E-state index contributed by atoms with van der Waals surface area (Å²) in [4.78, 5) is -0.360. The van der Waals surface area contributed by atoms with Crippen LogP contribution in [0.4, 0.5) is 0 Å². The molecule has 0 aliphatic carbocycles. The molecular weight excluding hydrogens is 364 g/mol. The lowest BCUT2D eigenvalue weighted by Gasteiger charge is -2.10. The summed E-state index contributed by atoms with van der Waals surface area (Å²) in [6.45, 7) is 0. The van der Waals surface area contributed by atoms with E-state index in [1.807, 2.05) is 0 Å². The largest absolute Gasteiger partial charge is 0.497 e. The highest BCUT2D eigenvalue weighted by molar-refractivity contribution is 8.13. The van der Waals surface area contributed by atoms with Crippen molar-refractivity contribution < 1.29 is 26.3 Å². The minimum absolute atomic E-state index is 0.0434. The van der Waals surface area contributed by atoms with Crippen LogP contribution >= 0.6 is 10.7 Å². The molecule has 0 unspecified atom stereocenters. The zero-order valence-corrected chi connectivity index (χ0v) is 14.6. The molecular formula is C14H13ClO6S2. The van der Waals surface area contributed by atoms with E-state index in [0.29, 0.717) is 5.75 Å². The van der Waals surface area contributed by atoms with E-state index in [1.54, 1.807) is 0 Å². The Labute approximate surface area is 139 Å². The molecule has 0 aromatic heterocycles. The van der Waals surface area contributed by atoms with Gasteiger partial charge in [-0.1, -0.05) is 0 Å². The zero-order valence-electron chi connectivity index (χ0n) is 12.2. The Kier molecular flexibility index (Phi) is 4.88. The van der Waals surface area contributed by atoms with Gasteiger partial charge >= 0.3 is 0 Å². The van der Waals surface area contributed by atoms with E-state index in [2.05, 4.69) is 0 Å². The van der Waals surface area contributed by atoms with Crippen LogP contribution in [0, 0.1) is 0 Å². The van der Waals surface area contributed by atoms with Crippen LogP contribution in [0.2, 0.25) is 0 Å². The molecule has 0 aliphatic rings. The number of ether oxygens (including phenoxy) is 2. The molecule has 0 amide bonds. The van der Waals surface area contributed by atoms with Crippen molar-refractivity contribution in [1.82, 2.24) is 0 Å². The van der Waals surface area contributed by atoms with Gasteiger partial charge in [-0.2, -0.15) is 0 Å². The number of methoxy groups -OCH3 is 2. The summed E-state index contributed by atoms with van der Waals surface area (Å²) in [6, 6.07) is 9.20. The SMILES string of the molecule is COc1ccc(S(=O)(=O)c2ccc(S(=O)(=O)Cl)c(OC)c2)cc1. The average Bonchev–Trinajstić information content (AvgIpc) is 2.53. The predicted octanol–water partition coefficient (Wildman–Crippen LogP) is 2.46. The number of halogens is 1. The van der Waals surface area contributed by atoms with E-state index in [1.165, 1.54) is 38.5 Å². The van der Waals surface area contributed by atoms with Crippen molar-refractivity contribution in [2.45, 2.75) is 14.7 Å². The Hall–Kier alpha value is -1.77. The Morgan fingerprint density at radius 1 is 0.826 bits per heavy atom. The number of hydrogen-bond donors (Lipinski definition) is 0. The Bertz CT molecular complexity index is 918. The van der Waals surface area contributed by atoms with Gasteiger partial charge in [-0.15, -0.1) is 0 Å². The molecule has 0 radical (unpaired) electrons. The number of hydrogen-bond acceptors (Lipinski definition) is 6. The van der Waals surface area contributed by atoms with Gasteiger partial charge in [0, 0.05) is 16.7 Å². The molecule has 6 nitrogen and oxygen atoms in total. The third-order valence-corrected chi connectivity index (χ3v) is 6.21. The quantitative estimate of drug-likeness (QED) is 0.745. The molecule has 0 saturated carbocycles. The Morgan fingerprint density at radius 3 is 1.87 bits per heavy atom. The van der Waals surface area contributed by atoms with Gasteiger partial charge in [-0.05, 0) is 36.4 Å². The summed E-state index contributed by atoms with van der Waals surface area (Å²) >= 11 is 0. The molecule has 0 fully saturated rings. The maximum Gasteiger partial charge on any atom is 0.264 e. The summed E-state index contributed by atoms with van der Waals surface area (Å²) < 4.78 is 58.0. The van der Waals surface area contributed by atoms with Gasteiger partial charge in [0.25, 0.3) is 9.05 Å². The molecule has 0 aliphatic heterocycles. The van der Waals surface area contributed by atoms with Crippen molar-refractivity contribution in [3.8, 4) is 11.5 Å². The maximum atomic E-state index is 12.6. The van der Waals surface area contributed by atoms with Crippen molar-refractivity contribution in [2.75, 3.05) is 14.2 Å². The molecule has 2 aromatic rings. The molecule has 0 spiro atoms. The highest BCUT2D eigenvalue weighted by Crippen LogP contribution is 2.32. The topological polar surface area (TPSA) is 86.7 Å². The van der Waals surface area contributed by atoms with Crippen molar-refractivity contribution in [1.29, 1.82) is 0 Å². The van der Waals surface area contributed by atoms with E-state index in [9.17, 15) is 16.8 Å². The lowest BCUT2D eigenvalue weighted by atomic mass is 10.3. The van der Waals surface area contributed by atoms with E-state index < -0.39 is 18.9 Å². The molecule has 124 valence electrons. The van der Waals surface area contributed by atoms with Gasteiger partial charge in [0.1, 0.15) is 16.4 Å². The van der Waals surface area contributed by atoms with Crippen LogP contribution in [-0.2, 0) is 18.9 Å². The van der Waals surface area contributed by atoms with Crippen molar-refractivity contribution >= 4 is 29.6 Å². The summed E-state index contributed by atoms with van der Waals surface area (Å²) in [5.74, 6) is 0.375. The van der Waals surface area contributed by atoms with Gasteiger partial charge in [0.15, 0.2) is 0 Å². The molecule has 23 heavy (non-hydrogen) atoms. The summed E-state index contributed by atoms with van der Waals surface area (Å²) in [5.41, 5.74) is 0. The van der Waals surface area contributed by atoms with Gasteiger partial charge in [-0.3, -0.25) is 0 Å². The Balaban J connectivity index is 2.56. The summed E-state index contributed by atoms with van der Waals surface area (Å²) in [7, 11) is 0.109. The molecule has 0 saturated heterocycles. The zero-order chi connectivity index (χ0) is 17.3. The fraction of sp³-hybridized carbons (Fsp3) is 0.143. The second-order valence-corrected chi connectivity index (χ2v) is 8.91. The van der Waals surface area contributed by atoms with Crippen LogP contribution in [0.15, 0.2) is 57.2 Å². The van der Waals surface area contributed by atoms with Gasteiger partial charge in [0.2, 0.25) is 9.84 Å². The van der Waals surface area contributed by atoms with Crippen LogP contribution in [0.5, 0.6) is 11.5 Å². The molecule has 0 bridgehead atoms. The van der Waals surface area contributed by atoms with Crippen molar-refractivity contribution in [2.24, 2.45) is 0 Å². The lowest BCUT2D eigenvalue weighted by molar-refractivity contribution is 0.401. The van der Waals surface area contributed by atoms with Gasteiger partial charge in [0.05, 0.1) is 24.0 Å². The molecule has 0 N–H and O–H groups in total. The second-order valence-electron chi connectivity index (χ2n) is 4.43. The van der Waals surface area contributed by atoms with Gasteiger partial charge in [-0.25, -0.2) is 16.8 Å². The summed E-state index contributed by atoms with van der Waals surface area (Å²) in [5, 5.41) is 0. The Morgan fingerprint density at radius 2 is 1.39 bits per heavy atom. The van der Waals surface area contributed by atoms with Crippen LogP contribution < -0.4 is 9.47 Å². The minimum atomic E-state index is -4.05. The minimum Gasteiger partial charge on any atom is -0.497 e. The molecule has 9 heteroatoms. The molecule has 0 heterocycles. The first-order valence-electron chi connectivity index (χ1n) is 6.22. The molecule has 0 atom stereocenters. The average molecular weight is 377 g/mol. The van der Waals surface area contributed by atoms with E-state index in [4.69, 9.17) is 20.2 Å². The van der Waals surface area contributed by atoms with Gasteiger partial charge < -0.3 is 9.47 Å². The normalized spacial score (nSPS) is 12.0. The second kappa shape index (κ2) is 6.38. The van der Waals surface area contributed by atoms with Crippen LogP contribution in [0.1, 0.15) is 0 Å². The van der Waals surface area contributed by atoms with Crippen LogP contribution in [-0.4, -0.2) is 31.1 Å². The predicted molar refractivity (Wildman–Crippen MR) is 84.5 cm³/mol. The van der Waals surface area contributed by atoms with E-state index in [-0.39, 0.29) is 20.4 Å². The highest BCUT2D eigenvalue weighted by Gasteiger charge is 2.23. The first-order chi connectivity index (χ1) is 10.7. The third-order valence-electron chi connectivity index (χ3n) is 3.08. The van der Waals surface area contributed by atoms with Crippen LogP contribution in [0.25, 0.3) is 0 Å². The number of sulfone groups is 1. The van der Waals surface area contributed by atoms with E-state index in [0.717, 1.165) is 18.2 Å². The lowest BCUT2D eigenvalue weighted by Crippen LogP contribution is -2.04. The fourth-order valence-electron chi connectivity index (χ4n) is 1.91. The monoisotopic (exact) mass is 376 g/mol. The first-order valence-corrected chi connectivity index (χ1v) is 10.0.